The smallest absolute Gasteiger partial charge is 0.271 e. The highest BCUT2D eigenvalue weighted by Crippen LogP contribution is 2.33. The molecule has 2 amide bonds. The lowest BCUT2D eigenvalue weighted by Gasteiger charge is -2.27. The van der Waals surface area contributed by atoms with Gasteiger partial charge in [0.15, 0.2) is 11.5 Å². The molecule has 0 fully saturated rings. The van der Waals surface area contributed by atoms with Crippen LogP contribution in [-0.4, -0.2) is 23.8 Å². The molecule has 0 radical (unpaired) electrons. The summed E-state index contributed by atoms with van der Waals surface area (Å²) in [6.07, 6.45) is 1.66. The van der Waals surface area contributed by atoms with Gasteiger partial charge in [-0.3, -0.25) is 14.5 Å². The average molecular weight is 513 g/mol. The minimum absolute atomic E-state index is 0.0513. The zero-order chi connectivity index (χ0) is 26.5. The van der Waals surface area contributed by atoms with Gasteiger partial charge in [0, 0.05) is 16.2 Å². The summed E-state index contributed by atoms with van der Waals surface area (Å²) in [6.45, 7) is 3.91. The Morgan fingerprint density at radius 2 is 1.70 bits per heavy atom. The van der Waals surface area contributed by atoms with Gasteiger partial charge >= 0.3 is 0 Å². The van der Waals surface area contributed by atoms with Gasteiger partial charge in [0.05, 0.1) is 13.7 Å². The number of nitriles is 1. The van der Waals surface area contributed by atoms with Gasteiger partial charge < -0.3 is 9.47 Å². The van der Waals surface area contributed by atoms with E-state index < -0.39 is 11.8 Å². The average Bonchev–Trinajstić information content (AvgIpc) is 2.90. The van der Waals surface area contributed by atoms with Crippen LogP contribution < -0.4 is 9.47 Å². The van der Waals surface area contributed by atoms with Crippen LogP contribution in [0.2, 0.25) is 5.02 Å². The normalized spacial score (nSPS) is 14.7. The summed E-state index contributed by atoms with van der Waals surface area (Å²) in [5, 5.41) is 10.3. The van der Waals surface area contributed by atoms with Gasteiger partial charge in [-0.2, -0.15) is 5.26 Å². The van der Waals surface area contributed by atoms with Crippen LogP contribution in [0.15, 0.2) is 83.4 Å². The number of imide groups is 1. The van der Waals surface area contributed by atoms with E-state index in [1.165, 1.54) is 7.11 Å². The molecule has 0 spiro atoms. The molecule has 1 aliphatic heterocycles. The van der Waals surface area contributed by atoms with Crippen molar-refractivity contribution in [3.8, 4) is 17.6 Å². The molecule has 0 unspecified atom stereocenters. The van der Waals surface area contributed by atoms with Gasteiger partial charge in [-0.05, 0) is 54.8 Å². The van der Waals surface area contributed by atoms with E-state index in [0.717, 1.165) is 21.6 Å². The molecule has 37 heavy (non-hydrogen) atoms. The van der Waals surface area contributed by atoms with Crippen molar-refractivity contribution in [2.24, 2.45) is 0 Å². The van der Waals surface area contributed by atoms with Crippen LogP contribution in [0.5, 0.6) is 11.5 Å². The molecule has 3 aromatic carbocycles. The molecule has 0 aromatic heterocycles. The highest BCUT2D eigenvalue weighted by atomic mass is 35.5. The Kier molecular flexibility index (Phi) is 7.76. The predicted octanol–water partition coefficient (Wildman–Crippen LogP) is 6.03. The second kappa shape index (κ2) is 11.2. The van der Waals surface area contributed by atoms with Gasteiger partial charge in [-0.1, -0.05) is 65.7 Å². The van der Waals surface area contributed by atoms with E-state index in [9.17, 15) is 14.9 Å². The van der Waals surface area contributed by atoms with E-state index in [4.69, 9.17) is 21.1 Å². The van der Waals surface area contributed by atoms with E-state index in [2.05, 4.69) is 0 Å². The van der Waals surface area contributed by atoms with Gasteiger partial charge in [0.1, 0.15) is 18.2 Å². The Morgan fingerprint density at radius 1 is 0.973 bits per heavy atom. The molecular weight excluding hydrogens is 488 g/mol. The first-order chi connectivity index (χ1) is 17.8. The van der Waals surface area contributed by atoms with Gasteiger partial charge in [-0.25, -0.2) is 0 Å². The molecule has 4 rings (SSSR count). The second-order valence-electron chi connectivity index (χ2n) is 8.64. The first-order valence-electron chi connectivity index (χ1n) is 11.6. The topological polar surface area (TPSA) is 79.6 Å². The number of ether oxygens (including phenoxy) is 2. The highest BCUT2D eigenvalue weighted by molar-refractivity contribution is 6.31. The van der Waals surface area contributed by atoms with Crippen LogP contribution >= 0.6 is 11.6 Å². The van der Waals surface area contributed by atoms with E-state index in [-0.39, 0.29) is 24.3 Å². The standard InChI is InChI=1S/C30H25ClN2O4/c1-19-8-10-21(11-9-19)17-33-29(34)24(20(2)25(16-32)30(33)35)14-22-12-13-27(28(15-22)36-3)37-18-23-6-4-5-7-26(23)31/h4-15H,17-18H2,1-3H3/b24-14+. The number of amides is 2. The number of rotatable bonds is 7. The number of carbonyl (C=O) groups excluding carboxylic acids is 2. The van der Waals surface area contributed by atoms with Crippen molar-refractivity contribution in [2.75, 3.05) is 7.11 Å². The minimum atomic E-state index is -0.594. The van der Waals surface area contributed by atoms with Crippen molar-refractivity contribution in [3.05, 3.63) is 111 Å². The molecule has 7 heteroatoms. The van der Waals surface area contributed by atoms with E-state index >= 15 is 0 Å². The molecule has 0 saturated heterocycles. The molecule has 0 bridgehead atoms. The molecule has 3 aromatic rings. The van der Waals surface area contributed by atoms with E-state index in [0.29, 0.717) is 27.7 Å². The quantitative estimate of drug-likeness (QED) is 0.285. The minimum Gasteiger partial charge on any atom is -0.493 e. The van der Waals surface area contributed by atoms with Crippen molar-refractivity contribution >= 4 is 29.5 Å². The van der Waals surface area contributed by atoms with Crippen LogP contribution in [0, 0.1) is 18.3 Å². The summed E-state index contributed by atoms with van der Waals surface area (Å²) < 4.78 is 11.4. The largest absolute Gasteiger partial charge is 0.493 e. The Balaban J connectivity index is 1.64. The maximum atomic E-state index is 13.4. The summed E-state index contributed by atoms with van der Waals surface area (Å²) in [6, 6.07) is 22.2. The Morgan fingerprint density at radius 3 is 2.38 bits per heavy atom. The first kappa shape index (κ1) is 25.7. The van der Waals surface area contributed by atoms with Gasteiger partial charge in [-0.15, -0.1) is 0 Å². The molecule has 1 aliphatic rings. The zero-order valence-electron chi connectivity index (χ0n) is 20.7. The number of hydrogen-bond donors (Lipinski definition) is 0. The van der Waals surface area contributed by atoms with Crippen LogP contribution in [-0.2, 0) is 22.7 Å². The third kappa shape index (κ3) is 5.58. The second-order valence-corrected chi connectivity index (χ2v) is 9.05. The van der Waals surface area contributed by atoms with Crippen molar-refractivity contribution in [3.63, 3.8) is 0 Å². The summed E-state index contributed by atoms with van der Waals surface area (Å²) in [5.41, 5.74) is 3.93. The SMILES string of the molecule is COc1cc(/C=C2/C(=O)N(Cc3ccc(C)cc3)C(=O)C(C#N)=C2C)ccc1OCc1ccccc1Cl. The Labute approximate surface area is 221 Å². The Hall–Kier alpha value is -4.34. The number of nitrogens with zero attached hydrogens (tertiary/aromatic N) is 2. The lowest BCUT2D eigenvalue weighted by atomic mass is 9.93. The number of halogens is 1. The monoisotopic (exact) mass is 512 g/mol. The van der Waals surface area contributed by atoms with Crippen LogP contribution in [0.25, 0.3) is 6.08 Å². The predicted molar refractivity (Wildman–Crippen MR) is 142 cm³/mol. The molecule has 1 heterocycles. The fraction of sp³-hybridized carbons (Fsp3) is 0.167. The fourth-order valence-corrected chi connectivity index (χ4v) is 4.17. The highest BCUT2D eigenvalue weighted by Gasteiger charge is 2.35. The third-order valence-electron chi connectivity index (χ3n) is 6.13. The van der Waals surface area contributed by atoms with Crippen LogP contribution in [0.1, 0.15) is 29.2 Å². The lowest BCUT2D eigenvalue weighted by Crippen LogP contribution is -2.42. The molecule has 0 aliphatic carbocycles. The molecule has 186 valence electrons. The van der Waals surface area contributed by atoms with E-state index in [1.807, 2.05) is 55.5 Å². The number of methoxy groups -OCH3 is 1. The van der Waals surface area contributed by atoms with Crippen molar-refractivity contribution < 1.29 is 19.1 Å². The maximum Gasteiger partial charge on any atom is 0.271 e. The maximum absolute atomic E-state index is 13.4. The number of carbonyl (C=O) groups is 2. The van der Waals surface area contributed by atoms with E-state index in [1.54, 1.807) is 37.3 Å². The summed E-state index contributed by atoms with van der Waals surface area (Å²) >= 11 is 6.22. The fourth-order valence-electron chi connectivity index (χ4n) is 3.98. The summed E-state index contributed by atoms with van der Waals surface area (Å²) in [4.78, 5) is 27.5. The molecule has 0 saturated carbocycles. The van der Waals surface area contributed by atoms with Gasteiger partial charge in [0.2, 0.25) is 0 Å². The van der Waals surface area contributed by atoms with Crippen LogP contribution in [0.4, 0.5) is 0 Å². The van der Waals surface area contributed by atoms with Crippen LogP contribution in [0.3, 0.4) is 0 Å². The van der Waals surface area contributed by atoms with Crippen molar-refractivity contribution in [1.82, 2.24) is 4.90 Å². The number of hydrogen-bond acceptors (Lipinski definition) is 5. The number of aryl methyl sites for hydroxylation is 1. The summed E-state index contributed by atoms with van der Waals surface area (Å²) in [7, 11) is 1.53. The van der Waals surface area contributed by atoms with Crippen molar-refractivity contribution in [1.29, 1.82) is 5.26 Å². The number of benzene rings is 3. The third-order valence-corrected chi connectivity index (χ3v) is 6.50. The molecule has 6 nitrogen and oxygen atoms in total. The zero-order valence-corrected chi connectivity index (χ0v) is 21.5. The molecule has 0 atom stereocenters. The molecular formula is C30H25ClN2O4. The van der Waals surface area contributed by atoms with Crippen molar-refractivity contribution in [2.45, 2.75) is 27.0 Å². The Bertz CT molecular complexity index is 1470. The lowest BCUT2D eigenvalue weighted by molar-refractivity contribution is -0.141. The van der Waals surface area contributed by atoms with Gasteiger partial charge in [0.25, 0.3) is 11.8 Å². The summed E-state index contributed by atoms with van der Waals surface area (Å²) in [5.74, 6) is -0.0659. The molecule has 0 N–H and O–H groups in total. The first-order valence-corrected chi connectivity index (χ1v) is 12.0.